The Hall–Kier alpha value is -2.14. The third kappa shape index (κ3) is 2.92. The number of nitrogens with zero attached hydrogens (tertiary/aromatic N) is 2. The second kappa shape index (κ2) is 4.80. The minimum Gasteiger partial charge on any atom is -0.438 e. The second-order valence-corrected chi connectivity index (χ2v) is 3.83. The molecule has 2 aromatic rings. The largest absolute Gasteiger partial charge is 0.438 e. The van der Waals surface area contributed by atoms with E-state index in [1.165, 1.54) is 0 Å². The highest BCUT2D eigenvalue weighted by molar-refractivity contribution is 5.37. The van der Waals surface area contributed by atoms with Crippen LogP contribution >= 0.6 is 0 Å². The monoisotopic (exact) mass is 230 g/mol. The Morgan fingerprint density at radius 1 is 1.06 bits per heavy atom. The molecule has 1 aromatic heterocycles. The van der Waals surface area contributed by atoms with Crippen molar-refractivity contribution in [3.63, 3.8) is 0 Å². The number of rotatable bonds is 3. The summed E-state index contributed by atoms with van der Waals surface area (Å²) in [5.41, 5.74) is 4.70. The summed E-state index contributed by atoms with van der Waals surface area (Å²) in [6.45, 7) is 4.04. The number of aromatic nitrogens is 2. The Morgan fingerprint density at radius 2 is 1.76 bits per heavy atom. The average molecular weight is 230 g/mol. The van der Waals surface area contributed by atoms with E-state index in [2.05, 4.69) is 21.7 Å². The van der Waals surface area contributed by atoms with Gasteiger partial charge < -0.3 is 10.2 Å². The van der Waals surface area contributed by atoms with Crippen molar-refractivity contribution in [1.82, 2.24) is 10.2 Å². The molecule has 0 spiro atoms. The number of nitrogen functional groups attached to an aromatic ring is 1. The zero-order valence-corrected chi connectivity index (χ0v) is 9.77. The van der Waals surface area contributed by atoms with E-state index < -0.39 is 0 Å². The molecule has 1 heterocycles. The topological polar surface area (TPSA) is 73.1 Å². The molecule has 0 aliphatic rings. The Kier molecular flexibility index (Phi) is 3.20. The van der Waals surface area contributed by atoms with Gasteiger partial charge >= 0.3 is 0 Å². The fraction of sp³-hybridized carbons (Fsp3) is 0.167. The highest BCUT2D eigenvalue weighted by Crippen LogP contribution is 2.22. The van der Waals surface area contributed by atoms with Gasteiger partial charge in [0.05, 0.1) is 0 Å². The Morgan fingerprint density at radius 3 is 2.29 bits per heavy atom. The third-order valence-corrected chi connectivity index (χ3v) is 2.21. The van der Waals surface area contributed by atoms with Crippen molar-refractivity contribution in [3.05, 3.63) is 41.5 Å². The van der Waals surface area contributed by atoms with Gasteiger partial charge in [0, 0.05) is 6.07 Å². The molecular formula is C12H14N4O. The Labute approximate surface area is 99.6 Å². The van der Waals surface area contributed by atoms with E-state index in [1.807, 2.05) is 26.0 Å². The number of hydrazine groups is 1. The van der Waals surface area contributed by atoms with Crippen LogP contribution in [0.2, 0.25) is 0 Å². The van der Waals surface area contributed by atoms with E-state index in [-0.39, 0.29) is 0 Å². The predicted octanol–water partition coefficient (Wildman–Crippen LogP) is 2.17. The molecule has 0 unspecified atom stereocenters. The summed E-state index contributed by atoms with van der Waals surface area (Å²) in [6.07, 6.45) is 0. The van der Waals surface area contributed by atoms with E-state index in [4.69, 9.17) is 10.6 Å². The summed E-state index contributed by atoms with van der Waals surface area (Å²) < 4.78 is 5.60. The summed E-state index contributed by atoms with van der Waals surface area (Å²) in [5, 5.41) is 7.72. The number of nitrogens with two attached hydrogens (primary N) is 1. The first-order valence-electron chi connectivity index (χ1n) is 5.24. The van der Waals surface area contributed by atoms with Crippen molar-refractivity contribution in [1.29, 1.82) is 0 Å². The van der Waals surface area contributed by atoms with E-state index >= 15 is 0 Å². The van der Waals surface area contributed by atoms with Crippen molar-refractivity contribution >= 4 is 5.82 Å². The number of benzene rings is 1. The van der Waals surface area contributed by atoms with E-state index in [0.717, 1.165) is 16.9 Å². The normalized spacial score (nSPS) is 10.1. The maximum absolute atomic E-state index is 5.60. The summed E-state index contributed by atoms with van der Waals surface area (Å²) in [6, 6.07) is 9.39. The van der Waals surface area contributed by atoms with Crippen LogP contribution in [0.4, 0.5) is 5.82 Å². The standard InChI is InChI=1S/C12H14N4O/c1-8-5-9(2)7-10(6-8)17-12-4-3-11(14-13)15-16-12/h3-7H,13H2,1-2H3,(H,14,15). The maximum atomic E-state index is 5.60. The van der Waals surface area contributed by atoms with Crippen LogP contribution in [0.5, 0.6) is 11.6 Å². The fourth-order valence-electron chi connectivity index (χ4n) is 1.56. The van der Waals surface area contributed by atoms with Crippen molar-refractivity contribution in [2.45, 2.75) is 13.8 Å². The molecule has 5 nitrogen and oxygen atoms in total. The molecule has 0 saturated heterocycles. The van der Waals surface area contributed by atoms with Crippen molar-refractivity contribution in [2.24, 2.45) is 5.84 Å². The minimum atomic E-state index is 0.439. The third-order valence-electron chi connectivity index (χ3n) is 2.21. The predicted molar refractivity (Wildman–Crippen MR) is 65.8 cm³/mol. The van der Waals surface area contributed by atoms with Crippen LogP contribution in [-0.4, -0.2) is 10.2 Å². The number of hydrogen-bond acceptors (Lipinski definition) is 5. The van der Waals surface area contributed by atoms with E-state index in [0.29, 0.717) is 11.7 Å². The molecule has 0 radical (unpaired) electrons. The van der Waals surface area contributed by atoms with Crippen molar-refractivity contribution < 1.29 is 4.74 Å². The molecule has 2 rings (SSSR count). The minimum absolute atomic E-state index is 0.439. The molecule has 0 amide bonds. The Balaban J connectivity index is 2.19. The molecule has 1 aromatic carbocycles. The van der Waals surface area contributed by atoms with Gasteiger partial charge in [0.15, 0.2) is 5.82 Å². The zero-order valence-electron chi connectivity index (χ0n) is 9.77. The molecule has 0 atom stereocenters. The second-order valence-electron chi connectivity index (χ2n) is 3.83. The molecule has 5 heteroatoms. The Bertz CT molecular complexity index is 490. The highest BCUT2D eigenvalue weighted by Gasteiger charge is 2.01. The SMILES string of the molecule is Cc1cc(C)cc(Oc2ccc(NN)nn2)c1. The van der Waals surface area contributed by atoms with Crippen LogP contribution in [0, 0.1) is 13.8 Å². The first-order valence-corrected chi connectivity index (χ1v) is 5.24. The molecule has 17 heavy (non-hydrogen) atoms. The fourth-order valence-corrected chi connectivity index (χ4v) is 1.56. The van der Waals surface area contributed by atoms with Crippen LogP contribution < -0.4 is 16.0 Å². The van der Waals surface area contributed by atoms with Gasteiger partial charge in [0.1, 0.15) is 5.75 Å². The average Bonchev–Trinajstić information content (AvgIpc) is 2.28. The summed E-state index contributed by atoms with van der Waals surface area (Å²) >= 11 is 0. The molecule has 0 aliphatic heterocycles. The molecule has 3 N–H and O–H groups in total. The van der Waals surface area contributed by atoms with Gasteiger partial charge in [-0.2, -0.15) is 0 Å². The molecule has 0 bridgehead atoms. The van der Waals surface area contributed by atoms with Crippen LogP contribution in [0.3, 0.4) is 0 Å². The van der Waals surface area contributed by atoms with Crippen LogP contribution in [0.25, 0.3) is 0 Å². The number of anilines is 1. The van der Waals surface area contributed by atoms with Gasteiger partial charge in [-0.25, -0.2) is 5.84 Å². The quantitative estimate of drug-likeness (QED) is 0.624. The lowest BCUT2D eigenvalue weighted by molar-refractivity contribution is 0.455. The lowest BCUT2D eigenvalue weighted by Crippen LogP contribution is -2.08. The number of aryl methyl sites for hydroxylation is 2. The highest BCUT2D eigenvalue weighted by atomic mass is 16.5. The lowest BCUT2D eigenvalue weighted by atomic mass is 10.1. The maximum Gasteiger partial charge on any atom is 0.238 e. The molecule has 88 valence electrons. The first kappa shape index (κ1) is 11.3. The molecule has 0 aliphatic carbocycles. The smallest absolute Gasteiger partial charge is 0.238 e. The first-order chi connectivity index (χ1) is 8.17. The molecule has 0 fully saturated rings. The zero-order chi connectivity index (χ0) is 12.3. The molecule has 0 saturated carbocycles. The van der Waals surface area contributed by atoms with Gasteiger partial charge in [-0.3, -0.25) is 0 Å². The van der Waals surface area contributed by atoms with E-state index in [9.17, 15) is 0 Å². The van der Waals surface area contributed by atoms with Crippen LogP contribution in [0.15, 0.2) is 30.3 Å². The van der Waals surface area contributed by atoms with Crippen LogP contribution in [-0.2, 0) is 0 Å². The van der Waals surface area contributed by atoms with Crippen LogP contribution in [0.1, 0.15) is 11.1 Å². The number of ether oxygens (including phenoxy) is 1. The summed E-state index contributed by atoms with van der Waals surface area (Å²) in [5.74, 6) is 6.89. The summed E-state index contributed by atoms with van der Waals surface area (Å²) in [7, 11) is 0. The van der Waals surface area contributed by atoms with Crippen molar-refractivity contribution in [3.8, 4) is 11.6 Å². The number of hydrogen-bond donors (Lipinski definition) is 2. The number of nitrogens with one attached hydrogen (secondary N) is 1. The summed E-state index contributed by atoms with van der Waals surface area (Å²) in [4.78, 5) is 0. The van der Waals surface area contributed by atoms with Gasteiger partial charge in [-0.05, 0) is 43.2 Å². The van der Waals surface area contributed by atoms with Gasteiger partial charge in [-0.1, -0.05) is 6.07 Å². The molecular weight excluding hydrogens is 216 g/mol. The van der Waals surface area contributed by atoms with Gasteiger partial charge in [0.2, 0.25) is 5.88 Å². The van der Waals surface area contributed by atoms with Crippen molar-refractivity contribution in [2.75, 3.05) is 5.43 Å². The lowest BCUT2D eigenvalue weighted by Gasteiger charge is -2.06. The van der Waals surface area contributed by atoms with E-state index in [1.54, 1.807) is 12.1 Å². The van der Waals surface area contributed by atoms with Gasteiger partial charge in [0.25, 0.3) is 0 Å². The van der Waals surface area contributed by atoms with Gasteiger partial charge in [-0.15, -0.1) is 10.2 Å².